The highest BCUT2D eigenvalue weighted by molar-refractivity contribution is 7.89. The van der Waals surface area contributed by atoms with E-state index in [0.29, 0.717) is 12.8 Å². The lowest BCUT2D eigenvalue weighted by Gasteiger charge is -2.29. The van der Waals surface area contributed by atoms with Crippen LogP contribution in [0.4, 0.5) is 4.39 Å². The third-order valence-corrected chi connectivity index (χ3v) is 5.33. The van der Waals surface area contributed by atoms with Crippen molar-refractivity contribution >= 4 is 16.0 Å². The van der Waals surface area contributed by atoms with E-state index in [1.807, 2.05) is 0 Å². The van der Waals surface area contributed by atoms with E-state index < -0.39 is 32.8 Å². The lowest BCUT2D eigenvalue weighted by Crippen LogP contribution is -2.40. The van der Waals surface area contributed by atoms with Crippen molar-refractivity contribution in [3.63, 3.8) is 0 Å². The average molecular weight is 317 g/mol. The Morgan fingerprint density at radius 1 is 1.38 bits per heavy atom. The van der Waals surface area contributed by atoms with Gasteiger partial charge in [0, 0.05) is 13.1 Å². The van der Waals surface area contributed by atoms with Crippen molar-refractivity contribution in [3.8, 4) is 0 Å². The van der Waals surface area contributed by atoms with Crippen molar-refractivity contribution in [1.29, 1.82) is 0 Å². The second-order valence-electron chi connectivity index (χ2n) is 4.77. The Labute approximate surface area is 122 Å². The van der Waals surface area contributed by atoms with E-state index in [2.05, 4.69) is 4.74 Å². The molecule has 1 aliphatic heterocycles. The lowest BCUT2D eigenvalue weighted by atomic mass is 10.1. The van der Waals surface area contributed by atoms with Gasteiger partial charge in [0.15, 0.2) is 0 Å². The number of halogens is 1. The monoisotopic (exact) mass is 317 g/mol. The molecule has 6 nitrogen and oxygen atoms in total. The normalized spacial score (nSPS) is 17.7. The topological polar surface area (TPSA) is 83.9 Å². The van der Waals surface area contributed by atoms with Crippen LogP contribution in [0.1, 0.15) is 23.2 Å². The van der Waals surface area contributed by atoms with Gasteiger partial charge >= 0.3 is 5.97 Å². The van der Waals surface area contributed by atoms with E-state index >= 15 is 0 Å². The van der Waals surface area contributed by atoms with Crippen LogP contribution < -0.4 is 0 Å². The van der Waals surface area contributed by atoms with Crippen LogP contribution in [0.25, 0.3) is 0 Å². The third-order valence-electron chi connectivity index (χ3n) is 3.39. The number of esters is 1. The molecule has 0 bridgehead atoms. The Balaban J connectivity index is 2.44. The molecule has 116 valence electrons. The first-order valence-corrected chi connectivity index (χ1v) is 7.86. The van der Waals surface area contributed by atoms with Gasteiger partial charge in [-0.3, -0.25) is 0 Å². The number of nitrogens with zero attached hydrogens (tertiary/aromatic N) is 1. The van der Waals surface area contributed by atoms with Crippen LogP contribution in [0.2, 0.25) is 0 Å². The maximum absolute atomic E-state index is 13.4. The standard InChI is InChI=1S/C13H16FNO5S/c1-20-13(17)11-3-2-9(14)8-12(11)21(18,19)15-6-4-10(16)5-7-15/h2-3,8,10,16H,4-7H2,1H3. The minimum absolute atomic E-state index is 0.126. The van der Waals surface area contributed by atoms with Crippen molar-refractivity contribution in [2.75, 3.05) is 20.2 Å². The SMILES string of the molecule is COC(=O)c1ccc(F)cc1S(=O)(=O)N1CCC(O)CC1. The van der Waals surface area contributed by atoms with Gasteiger partial charge in [0.2, 0.25) is 10.0 Å². The van der Waals surface area contributed by atoms with Gasteiger partial charge in [-0.1, -0.05) is 0 Å². The number of methoxy groups -OCH3 is 1. The smallest absolute Gasteiger partial charge is 0.339 e. The highest BCUT2D eigenvalue weighted by atomic mass is 32.2. The first-order chi connectivity index (χ1) is 9.86. The van der Waals surface area contributed by atoms with Crippen molar-refractivity contribution in [2.45, 2.75) is 23.8 Å². The molecule has 1 aliphatic rings. The maximum Gasteiger partial charge on any atom is 0.339 e. The summed E-state index contributed by atoms with van der Waals surface area (Å²) in [7, 11) is -2.89. The summed E-state index contributed by atoms with van der Waals surface area (Å²) in [5, 5.41) is 9.43. The Kier molecular flexibility index (Phi) is 4.60. The molecule has 1 aromatic rings. The molecule has 0 saturated carbocycles. The van der Waals surface area contributed by atoms with E-state index in [9.17, 15) is 22.7 Å². The van der Waals surface area contributed by atoms with E-state index in [-0.39, 0.29) is 18.7 Å². The molecule has 1 saturated heterocycles. The van der Waals surface area contributed by atoms with Crippen LogP contribution in [-0.4, -0.2) is 50.1 Å². The number of benzene rings is 1. The van der Waals surface area contributed by atoms with Crippen LogP contribution in [-0.2, 0) is 14.8 Å². The van der Waals surface area contributed by atoms with E-state index in [0.717, 1.165) is 29.6 Å². The Morgan fingerprint density at radius 3 is 2.57 bits per heavy atom. The average Bonchev–Trinajstić information content (AvgIpc) is 2.47. The molecular weight excluding hydrogens is 301 g/mol. The number of carbonyl (C=O) groups is 1. The second-order valence-corrected chi connectivity index (χ2v) is 6.67. The van der Waals surface area contributed by atoms with E-state index in [4.69, 9.17) is 0 Å². The molecule has 2 rings (SSSR count). The second kappa shape index (κ2) is 6.08. The predicted octanol–water partition coefficient (Wildman–Crippen LogP) is 0.758. The number of hydrogen-bond acceptors (Lipinski definition) is 5. The van der Waals surface area contributed by atoms with Gasteiger partial charge in [-0.25, -0.2) is 17.6 Å². The zero-order valence-corrected chi connectivity index (χ0v) is 12.3. The number of piperidine rings is 1. The number of ether oxygens (including phenoxy) is 1. The molecule has 1 fully saturated rings. The van der Waals surface area contributed by atoms with Crippen molar-refractivity contribution in [1.82, 2.24) is 4.31 Å². The largest absolute Gasteiger partial charge is 0.465 e. The minimum atomic E-state index is -4.01. The van der Waals surface area contributed by atoms with Gasteiger partial charge in [-0.2, -0.15) is 4.31 Å². The summed E-state index contributed by atoms with van der Waals surface area (Å²) < 4.78 is 44.2. The molecule has 1 aromatic carbocycles. The van der Waals surface area contributed by atoms with Crippen molar-refractivity contribution < 1.29 is 27.4 Å². The van der Waals surface area contributed by atoms with Crippen LogP contribution in [0.15, 0.2) is 23.1 Å². The fourth-order valence-corrected chi connectivity index (χ4v) is 3.87. The highest BCUT2D eigenvalue weighted by Crippen LogP contribution is 2.25. The lowest BCUT2D eigenvalue weighted by molar-refractivity contribution is 0.0595. The molecule has 0 radical (unpaired) electrons. The number of carbonyl (C=O) groups excluding carboxylic acids is 1. The van der Waals surface area contributed by atoms with Gasteiger partial charge in [-0.15, -0.1) is 0 Å². The first kappa shape index (κ1) is 15.9. The van der Waals surface area contributed by atoms with Crippen LogP contribution in [0.5, 0.6) is 0 Å². The molecule has 8 heteroatoms. The summed E-state index contributed by atoms with van der Waals surface area (Å²) in [6.45, 7) is 0.251. The highest BCUT2D eigenvalue weighted by Gasteiger charge is 2.32. The molecule has 0 amide bonds. The quantitative estimate of drug-likeness (QED) is 0.832. The summed E-state index contributed by atoms with van der Waals surface area (Å²) >= 11 is 0. The number of aliphatic hydroxyl groups is 1. The van der Waals surface area contributed by atoms with Gasteiger partial charge in [0.1, 0.15) is 5.82 Å². The van der Waals surface area contributed by atoms with Gasteiger partial charge in [0.05, 0.1) is 23.7 Å². The van der Waals surface area contributed by atoms with Gasteiger partial charge < -0.3 is 9.84 Å². The summed E-state index contributed by atoms with van der Waals surface area (Å²) in [5.74, 6) is -1.59. The van der Waals surface area contributed by atoms with E-state index in [1.165, 1.54) is 0 Å². The van der Waals surface area contributed by atoms with Crippen LogP contribution >= 0.6 is 0 Å². The Morgan fingerprint density at radius 2 is 2.00 bits per heavy atom. The maximum atomic E-state index is 13.4. The molecule has 0 atom stereocenters. The molecule has 1 heterocycles. The van der Waals surface area contributed by atoms with Gasteiger partial charge in [-0.05, 0) is 31.0 Å². The molecule has 1 N–H and O–H groups in total. The zero-order chi connectivity index (χ0) is 15.6. The fourth-order valence-electron chi connectivity index (χ4n) is 2.21. The fraction of sp³-hybridized carbons (Fsp3) is 0.462. The Bertz CT molecular complexity index is 638. The first-order valence-electron chi connectivity index (χ1n) is 6.42. The number of aliphatic hydroxyl groups excluding tert-OH is 1. The Hall–Kier alpha value is -1.51. The number of hydrogen-bond donors (Lipinski definition) is 1. The third kappa shape index (κ3) is 3.22. The summed E-state index contributed by atoms with van der Waals surface area (Å²) in [6.07, 6.45) is 0.0774. The molecule has 0 spiro atoms. The molecule has 0 aromatic heterocycles. The predicted molar refractivity (Wildman–Crippen MR) is 71.7 cm³/mol. The summed E-state index contributed by atoms with van der Waals surface area (Å²) in [4.78, 5) is 11.2. The molecular formula is C13H16FNO5S. The van der Waals surface area contributed by atoms with Gasteiger partial charge in [0.25, 0.3) is 0 Å². The number of rotatable bonds is 3. The molecule has 0 unspecified atom stereocenters. The van der Waals surface area contributed by atoms with Crippen molar-refractivity contribution in [3.05, 3.63) is 29.6 Å². The van der Waals surface area contributed by atoms with Crippen LogP contribution in [0.3, 0.4) is 0 Å². The molecule has 21 heavy (non-hydrogen) atoms. The zero-order valence-electron chi connectivity index (χ0n) is 11.5. The summed E-state index contributed by atoms with van der Waals surface area (Å²) in [6, 6.07) is 2.91. The van der Waals surface area contributed by atoms with Crippen LogP contribution in [0, 0.1) is 5.82 Å². The number of sulfonamides is 1. The van der Waals surface area contributed by atoms with Crippen molar-refractivity contribution in [2.24, 2.45) is 0 Å². The molecule has 0 aliphatic carbocycles. The van der Waals surface area contributed by atoms with E-state index in [1.54, 1.807) is 0 Å². The summed E-state index contributed by atoms with van der Waals surface area (Å²) in [5.41, 5.74) is -0.204. The minimum Gasteiger partial charge on any atom is -0.465 e.